The first-order valence-corrected chi connectivity index (χ1v) is 5.13. The van der Waals surface area contributed by atoms with E-state index in [9.17, 15) is 4.39 Å². The third-order valence-electron chi connectivity index (χ3n) is 2.77. The lowest BCUT2D eigenvalue weighted by Gasteiger charge is -2.14. The van der Waals surface area contributed by atoms with E-state index in [0.717, 1.165) is 18.4 Å². The van der Waals surface area contributed by atoms with Crippen molar-refractivity contribution in [2.24, 2.45) is 5.73 Å². The van der Waals surface area contributed by atoms with E-state index in [1.807, 2.05) is 6.07 Å². The standard InChI is InChI=1S/C10H11BrFN/c11-9-7(2-1-3-8(9)12)10(6-13)4-5-10/h1-3H,4-6,13H2. The Balaban J connectivity index is 2.46. The predicted molar refractivity (Wildman–Crippen MR) is 54.1 cm³/mol. The van der Waals surface area contributed by atoms with Crippen molar-refractivity contribution in [3.8, 4) is 0 Å². The van der Waals surface area contributed by atoms with Gasteiger partial charge in [-0.3, -0.25) is 0 Å². The lowest BCUT2D eigenvalue weighted by atomic mass is 9.96. The van der Waals surface area contributed by atoms with Gasteiger partial charge in [0, 0.05) is 12.0 Å². The molecule has 1 fully saturated rings. The van der Waals surface area contributed by atoms with E-state index >= 15 is 0 Å². The summed E-state index contributed by atoms with van der Waals surface area (Å²) in [6.45, 7) is 0.606. The van der Waals surface area contributed by atoms with Gasteiger partial charge in [0.2, 0.25) is 0 Å². The van der Waals surface area contributed by atoms with Gasteiger partial charge >= 0.3 is 0 Å². The fourth-order valence-electron chi connectivity index (χ4n) is 1.65. The molecule has 1 saturated carbocycles. The molecule has 13 heavy (non-hydrogen) atoms. The molecular weight excluding hydrogens is 233 g/mol. The molecule has 3 heteroatoms. The fourth-order valence-corrected chi connectivity index (χ4v) is 2.33. The van der Waals surface area contributed by atoms with Gasteiger partial charge in [0.05, 0.1) is 4.47 Å². The Kier molecular flexibility index (Phi) is 2.16. The Morgan fingerprint density at radius 1 is 1.46 bits per heavy atom. The number of hydrogen-bond acceptors (Lipinski definition) is 1. The maximum atomic E-state index is 13.2. The smallest absolute Gasteiger partial charge is 0.137 e. The van der Waals surface area contributed by atoms with Crippen LogP contribution in [-0.4, -0.2) is 6.54 Å². The van der Waals surface area contributed by atoms with Gasteiger partial charge in [-0.05, 0) is 40.4 Å². The zero-order chi connectivity index (χ0) is 9.47. The lowest BCUT2D eigenvalue weighted by molar-refractivity contribution is 0.607. The second-order valence-corrected chi connectivity index (χ2v) is 4.38. The van der Waals surface area contributed by atoms with Gasteiger partial charge in [-0.1, -0.05) is 12.1 Å². The van der Waals surface area contributed by atoms with Crippen molar-refractivity contribution in [2.75, 3.05) is 6.54 Å². The van der Waals surface area contributed by atoms with Crippen molar-refractivity contribution in [3.05, 3.63) is 34.1 Å². The minimum absolute atomic E-state index is 0.0565. The monoisotopic (exact) mass is 243 g/mol. The summed E-state index contributed by atoms with van der Waals surface area (Å²) in [4.78, 5) is 0. The molecule has 1 aromatic rings. The molecule has 1 aliphatic rings. The summed E-state index contributed by atoms with van der Waals surface area (Å²) in [5.74, 6) is -0.197. The van der Waals surface area contributed by atoms with Crippen molar-refractivity contribution >= 4 is 15.9 Å². The van der Waals surface area contributed by atoms with Crippen LogP contribution in [0.25, 0.3) is 0 Å². The van der Waals surface area contributed by atoms with Gasteiger partial charge in [-0.25, -0.2) is 4.39 Å². The van der Waals surface area contributed by atoms with E-state index in [2.05, 4.69) is 15.9 Å². The first kappa shape index (κ1) is 9.16. The lowest BCUT2D eigenvalue weighted by Crippen LogP contribution is -2.20. The first-order chi connectivity index (χ1) is 6.19. The fraction of sp³-hybridized carbons (Fsp3) is 0.400. The molecule has 0 spiro atoms. The van der Waals surface area contributed by atoms with Crippen molar-refractivity contribution in [1.29, 1.82) is 0 Å². The maximum Gasteiger partial charge on any atom is 0.137 e. The Bertz CT molecular complexity index is 334. The quantitative estimate of drug-likeness (QED) is 0.850. The van der Waals surface area contributed by atoms with E-state index in [1.165, 1.54) is 6.07 Å². The van der Waals surface area contributed by atoms with E-state index < -0.39 is 0 Å². The van der Waals surface area contributed by atoms with E-state index in [1.54, 1.807) is 6.07 Å². The van der Waals surface area contributed by atoms with Crippen LogP contribution in [-0.2, 0) is 5.41 Å². The maximum absolute atomic E-state index is 13.2. The van der Waals surface area contributed by atoms with Crippen LogP contribution in [0.3, 0.4) is 0 Å². The number of hydrogen-bond donors (Lipinski definition) is 1. The van der Waals surface area contributed by atoms with Crippen LogP contribution >= 0.6 is 15.9 Å². The SMILES string of the molecule is NCC1(c2cccc(F)c2Br)CC1. The molecular formula is C10H11BrFN. The number of halogens is 2. The molecule has 2 rings (SSSR count). The van der Waals surface area contributed by atoms with Crippen LogP contribution in [0.4, 0.5) is 4.39 Å². The molecule has 2 N–H and O–H groups in total. The molecule has 0 aliphatic heterocycles. The van der Waals surface area contributed by atoms with Gasteiger partial charge < -0.3 is 5.73 Å². The van der Waals surface area contributed by atoms with Crippen LogP contribution in [0, 0.1) is 5.82 Å². The summed E-state index contributed by atoms with van der Waals surface area (Å²) in [5.41, 5.74) is 6.76. The number of nitrogens with two attached hydrogens (primary N) is 1. The van der Waals surface area contributed by atoms with Crippen LogP contribution in [0.2, 0.25) is 0 Å². The van der Waals surface area contributed by atoms with Gasteiger partial charge in [0.15, 0.2) is 0 Å². The molecule has 70 valence electrons. The third-order valence-corrected chi connectivity index (χ3v) is 3.57. The topological polar surface area (TPSA) is 26.0 Å². The average molecular weight is 244 g/mol. The van der Waals surface area contributed by atoms with Gasteiger partial charge in [-0.15, -0.1) is 0 Å². The molecule has 0 saturated heterocycles. The minimum Gasteiger partial charge on any atom is -0.330 e. The van der Waals surface area contributed by atoms with Crippen molar-refractivity contribution in [2.45, 2.75) is 18.3 Å². The Hall–Kier alpha value is -0.410. The van der Waals surface area contributed by atoms with E-state index in [4.69, 9.17) is 5.73 Å². The highest BCUT2D eigenvalue weighted by atomic mass is 79.9. The summed E-state index contributed by atoms with van der Waals surface area (Å²) in [5, 5.41) is 0. The zero-order valence-corrected chi connectivity index (χ0v) is 8.77. The summed E-state index contributed by atoms with van der Waals surface area (Å²) in [6, 6.07) is 5.15. The molecule has 1 aliphatic carbocycles. The highest BCUT2D eigenvalue weighted by Gasteiger charge is 2.44. The number of benzene rings is 1. The Morgan fingerprint density at radius 2 is 2.15 bits per heavy atom. The molecule has 0 amide bonds. The van der Waals surface area contributed by atoms with E-state index in [0.29, 0.717) is 11.0 Å². The average Bonchev–Trinajstić information content (AvgIpc) is 2.90. The molecule has 1 aromatic carbocycles. The second kappa shape index (κ2) is 3.07. The number of rotatable bonds is 2. The van der Waals surface area contributed by atoms with Crippen molar-refractivity contribution < 1.29 is 4.39 Å². The van der Waals surface area contributed by atoms with Gasteiger partial charge in [0.25, 0.3) is 0 Å². The normalized spacial score (nSPS) is 18.7. The summed E-state index contributed by atoms with van der Waals surface area (Å²) in [7, 11) is 0. The Morgan fingerprint density at radius 3 is 2.69 bits per heavy atom. The third kappa shape index (κ3) is 1.40. The largest absolute Gasteiger partial charge is 0.330 e. The van der Waals surface area contributed by atoms with Crippen LogP contribution in [0.1, 0.15) is 18.4 Å². The first-order valence-electron chi connectivity index (χ1n) is 4.34. The minimum atomic E-state index is -0.197. The Labute approximate surface area is 85.3 Å². The zero-order valence-electron chi connectivity index (χ0n) is 7.19. The molecule has 0 bridgehead atoms. The van der Waals surface area contributed by atoms with Gasteiger partial charge in [0.1, 0.15) is 5.82 Å². The summed E-state index contributed by atoms with van der Waals surface area (Å²) in [6.07, 6.45) is 2.15. The van der Waals surface area contributed by atoms with Crippen molar-refractivity contribution in [1.82, 2.24) is 0 Å². The summed E-state index contributed by atoms with van der Waals surface area (Å²) >= 11 is 3.27. The second-order valence-electron chi connectivity index (χ2n) is 3.59. The van der Waals surface area contributed by atoms with Crippen molar-refractivity contribution in [3.63, 3.8) is 0 Å². The molecule has 1 nitrogen and oxygen atoms in total. The molecule has 0 aromatic heterocycles. The van der Waals surface area contributed by atoms with Crippen LogP contribution in [0.5, 0.6) is 0 Å². The van der Waals surface area contributed by atoms with E-state index in [-0.39, 0.29) is 11.2 Å². The molecule has 0 heterocycles. The predicted octanol–water partition coefficient (Wildman–Crippen LogP) is 2.58. The van der Waals surface area contributed by atoms with Gasteiger partial charge in [-0.2, -0.15) is 0 Å². The highest BCUT2D eigenvalue weighted by molar-refractivity contribution is 9.10. The summed E-state index contributed by atoms with van der Waals surface area (Å²) < 4.78 is 13.8. The molecule has 0 atom stereocenters. The molecule has 0 radical (unpaired) electrons. The molecule has 0 unspecified atom stereocenters. The van der Waals surface area contributed by atoms with Crippen LogP contribution < -0.4 is 5.73 Å². The van der Waals surface area contributed by atoms with Crippen LogP contribution in [0.15, 0.2) is 22.7 Å². The highest BCUT2D eigenvalue weighted by Crippen LogP contribution is 2.49.